The van der Waals surface area contributed by atoms with Crippen molar-refractivity contribution >= 4 is 5.91 Å². The Morgan fingerprint density at radius 3 is 2.70 bits per heavy atom. The van der Waals surface area contributed by atoms with Crippen LogP contribution in [0.1, 0.15) is 49.4 Å². The predicted molar refractivity (Wildman–Crippen MR) is 106 cm³/mol. The van der Waals surface area contributed by atoms with Gasteiger partial charge < -0.3 is 10.7 Å². The Labute approximate surface area is 159 Å². The minimum absolute atomic E-state index is 0.0450. The number of H-pyrrole nitrogens is 1. The Bertz CT molecular complexity index is 857. The van der Waals surface area contributed by atoms with Gasteiger partial charge in [-0.15, -0.1) is 0 Å². The summed E-state index contributed by atoms with van der Waals surface area (Å²) in [4.78, 5) is 33.6. The highest BCUT2D eigenvalue weighted by Gasteiger charge is 2.28. The Hall–Kier alpha value is -2.47. The van der Waals surface area contributed by atoms with Crippen LogP contribution in [0.15, 0.2) is 29.1 Å². The van der Waals surface area contributed by atoms with Gasteiger partial charge in [-0.25, -0.2) is 4.98 Å². The molecule has 1 atom stereocenters. The number of likely N-dealkylation sites (tertiary alicyclic amines) is 1. The molecule has 3 rings (SSSR count). The second-order valence-corrected chi connectivity index (χ2v) is 7.31. The molecule has 6 nitrogen and oxygen atoms in total. The minimum Gasteiger partial charge on any atom is -0.368 e. The van der Waals surface area contributed by atoms with Crippen LogP contribution in [-0.2, 0) is 17.8 Å². The van der Waals surface area contributed by atoms with Crippen molar-refractivity contribution in [1.82, 2.24) is 14.9 Å². The molecule has 27 heavy (non-hydrogen) atoms. The summed E-state index contributed by atoms with van der Waals surface area (Å²) in [6.45, 7) is 5.60. The van der Waals surface area contributed by atoms with E-state index in [1.165, 1.54) is 0 Å². The molecule has 3 N–H and O–H groups in total. The number of aryl methyl sites for hydroxylation is 1. The fourth-order valence-electron chi connectivity index (χ4n) is 3.74. The summed E-state index contributed by atoms with van der Waals surface area (Å²) in [6, 6.07) is 7.81. The fourth-order valence-corrected chi connectivity index (χ4v) is 3.74. The fraction of sp³-hybridized carbons (Fsp3) is 0.476. The number of carbonyl (C=O) groups excluding carboxylic acids is 1. The van der Waals surface area contributed by atoms with E-state index in [4.69, 9.17) is 5.73 Å². The van der Waals surface area contributed by atoms with E-state index in [1.807, 2.05) is 31.2 Å². The lowest BCUT2D eigenvalue weighted by atomic mass is 10.1. The van der Waals surface area contributed by atoms with Gasteiger partial charge in [-0.2, -0.15) is 0 Å². The molecule has 1 amide bonds. The van der Waals surface area contributed by atoms with Gasteiger partial charge in [0.05, 0.1) is 6.04 Å². The van der Waals surface area contributed by atoms with Crippen molar-refractivity contribution in [2.24, 2.45) is 5.73 Å². The summed E-state index contributed by atoms with van der Waals surface area (Å²) in [7, 11) is 0. The second-order valence-electron chi connectivity index (χ2n) is 7.31. The average molecular weight is 368 g/mol. The maximum absolute atomic E-state index is 12.4. The van der Waals surface area contributed by atoms with Crippen molar-refractivity contribution in [3.63, 3.8) is 0 Å². The molecule has 0 unspecified atom stereocenters. The number of carbonyl (C=O) groups is 1. The Morgan fingerprint density at radius 1 is 1.33 bits per heavy atom. The normalized spacial score (nSPS) is 17.3. The van der Waals surface area contributed by atoms with E-state index in [-0.39, 0.29) is 17.5 Å². The Morgan fingerprint density at radius 2 is 2.07 bits per heavy atom. The number of nitrogens with zero attached hydrogens (tertiary/aromatic N) is 2. The molecule has 2 heterocycles. The number of aromatic amines is 1. The van der Waals surface area contributed by atoms with Crippen molar-refractivity contribution in [1.29, 1.82) is 0 Å². The summed E-state index contributed by atoms with van der Waals surface area (Å²) in [6.07, 6.45) is 4.64. The number of primary amides is 1. The van der Waals surface area contributed by atoms with Gasteiger partial charge in [-0.3, -0.25) is 14.5 Å². The lowest BCUT2D eigenvalue weighted by Gasteiger charge is -2.21. The van der Waals surface area contributed by atoms with Crippen LogP contribution in [0.2, 0.25) is 0 Å². The molecule has 1 aromatic carbocycles. The summed E-state index contributed by atoms with van der Waals surface area (Å²) in [5, 5.41) is 0. The van der Waals surface area contributed by atoms with Crippen molar-refractivity contribution in [3.05, 3.63) is 51.4 Å². The van der Waals surface area contributed by atoms with E-state index in [0.717, 1.165) is 61.0 Å². The van der Waals surface area contributed by atoms with Crippen LogP contribution >= 0.6 is 0 Å². The molecular weight excluding hydrogens is 340 g/mol. The SMILES string of the molecule is CCCCc1c(C)nc(-c2ccc(CN3CCC[C@H]3C(N)=O)cc2)[nH]c1=O. The smallest absolute Gasteiger partial charge is 0.254 e. The molecule has 1 fully saturated rings. The van der Waals surface area contributed by atoms with E-state index in [0.29, 0.717) is 12.4 Å². The van der Waals surface area contributed by atoms with Gasteiger partial charge in [0.1, 0.15) is 5.82 Å². The maximum Gasteiger partial charge on any atom is 0.254 e. The Balaban J connectivity index is 1.75. The zero-order valence-electron chi connectivity index (χ0n) is 16.1. The van der Waals surface area contributed by atoms with E-state index in [1.54, 1.807) is 0 Å². The van der Waals surface area contributed by atoms with Crippen molar-refractivity contribution in [2.75, 3.05) is 6.54 Å². The molecule has 0 aliphatic carbocycles. The van der Waals surface area contributed by atoms with Crippen LogP contribution in [0.25, 0.3) is 11.4 Å². The first kappa shape index (κ1) is 19.3. The number of nitrogens with one attached hydrogen (secondary N) is 1. The maximum atomic E-state index is 12.4. The second kappa shape index (κ2) is 8.48. The van der Waals surface area contributed by atoms with Gasteiger partial charge in [0, 0.05) is 23.4 Å². The van der Waals surface area contributed by atoms with E-state index in [2.05, 4.69) is 21.8 Å². The van der Waals surface area contributed by atoms with Gasteiger partial charge in [0.25, 0.3) is 5.56 Å². The molecule has 1 saturated heterocycles. The number of benzene rings is 1. The number of hydrogen-bond acceptors (Lipinski definition) is 4. The highest BCUT2D eigenvalue weighted by Crippen LogP contribution is 2.22. The van der Waals surface area contributed by atoms with Crippen molar-refractivity contribution < 1.29 is 4.79 Å². The largest absolute Gasteiger partial charge is 0.368 e. The third-order valence-corrected chi connectivity index (χ3v) is 5.31. The molecule has 0 bridgehead atoms. The molecule has 1 aliphatic rings. The van der Waals surface area contributed by atoms with E-state index < -0.39 is 0 Å². The van der Waals surface area contributed by atoms with Crippen molar-refractivity contribution in [3.8, 4) is 11.4 Å². The van der Waals surface area contributed by atoms with Crippen LogP contribution in [0.4, 0.5) is 0 Å². The molecule has 0 spiro atoms. The molecule has 1 aromatic heterocycles. The van der Waals surface area contributed by atoms with Gasteiger partial charge in [0.15, 0.2) is 0 Å². The number of amides is 1. The molecule has 6 heteroatoms. The quantitative estimate of drug-likeness (QED) is 0.785. The lowest BCUT2D eigenvalue weighted by Crippen LogP contribution is -2.39. The zero-order valence-corrected chi connectivity index (χ0v) is 16.1. The van der Waals surface area contributed by atoms with Crippen LogP contribution < -0.4 is 11.3 Å². The predicted octanol–water partition coefficient (Wildman–Crippen LogP) is 2.54. The first-order valence-electron chi connectivity index (χ1n) is 9.72. The zero-order chi connectivity index (χ0) is 19.4. The number of nitrogens with two attached hydrogens (primary N) is 1. The highest BCUT2D eigenvalue weighted by atomic mass is 16.1. The number of hydrogen-bond donors (Lipinski definition) is 2. The van der Waals surface area contributed by atoms with E-state index >= 15 is 0 Å². The molecular formula is C21H28N4O2. The van der Waals surface area contributed by atoms with Gasteiger partial charge in [0.2, 0.25) is 5.91 Å². The highest BCUT2D eigenvalue weighted by molar-refractivity contribution is 5.80. The first-order chi connectivity index (χ1) is 13.0. The standard InChI is InChI=1S/C21H28N4O2/c1-3-4-6-17-14(2)23-20(24-21(17)27)16-10-8-15(9-11-16)13-25-12-5-7-18(25)19(22)26/h8-11,18H,3-7,12-13H2,1-2H3,(H2,22,26)(H,23,24,27)/t18-/m0/s1. The molecule has 0 radical (unpaired) electrons. The van der Waals surface area contributed by atoms with Gasteiger partial charge in [-0.1, -0.05) is 37.6 Å². The van der Waals surface area contributed by atoms with Gasteiger partial charge >= 0.3 is 0 Å². The topological polar surface area (TPSA) is 92.1 Å². The molecule has 144 valence electrons. The molecule has 2 aromatic rings. The first-order valence-corrected chi connectivity index (χ1v) is 9.72. The third kappa shape index (κ3) is 4.45. The lowest BCUT2D eigenvalue weighted by molar-refractivity contribution is -0.122. The van der Waals surface area contributed by atoms with Crippen LogP contribution in [0.3, 0.4) is 0 Å². The monoisotopic (exact) mass is 368 g/mol. The van der Waals surface area contributed by atoms with Crippen LogP contribution in [0.5, 0.6) is 0 Å². The number of unbranched alkanes of at least 4 members (excludes halogenated alkanes) is 1. The average Bonchev–Trinajstić information content (AvgIpc) is 3.10. The summed E-state index contributed by atoms with van der Waals surface area (Å²) in [5.41, 5.74) is 9.02. The van der Waals surface area contributed by atoms with E-state index in [9.17, 15) is 9.59 Å². The van der Waals surface area contributed by atoms with Crippen LogP contribution in [-0.4, -0.2) is 33.4 Å². The number of rotatable bonds is 7. The third-order valence-electron chi connectivity index (χ3n) is 5.31. The van der Waals surface area contributed by atoms with Crippen molar-refractivity contribution in [2.45, 2.75) is 58.5 Å². The number of aromatic nitrogens is 2. The summed E-state index contributed by atoms with van der Waals surface area (Å²) in [5.74, 6) is 0.352. The summed E-state index contributed by atoms with van der Waals surface area (Å²) < 4.78 is 0. The summed E-state index contributed by atoms with van der Waals surface area (Å²) >= 11 is 0. The van der Waals surface area contributed by atoms with Crippen LogP contribution in [0, 0.1) is 6.92 Å². The van der Waals surface area contributed by atoms with Gasteiger partial charge in [-0.05, 0) is 44.7 Å². The Kier molecular flexibility index (Phi) is 6.06. The molecule has 1 aliphatic heterocycles. The minimum atomic E-state index is -0.246. The molecule has 0 saturated carbocycles.